The third-order valence-corrected chi connectivity index (χ3v) is 4.62. The van der Waals surface area contributed by atoms with Gasteiger partial charge in [0.2, 0.25) is 0 Å². The number of rotatable bonds is 11. The molecule has 0 saturated carbocycles. The second-order valence-electron chi connectivity index (χ2n) is 6.54. The smallest absolute Gasteiger partial charge is 0.299 e. The van der Waals surface area contributed by atoms with Crippen molar-refractivity contribution in [1.29, 1.82) is 0 Å². The number of halogens is 1. The van der Waals surface area contributed by atoms with E-state index in [1.807, 2.05) is 0 Å². The lowest BCUT2D eigenvalue weighted by Crippen LogP contribution is -3.00. The molecule has 1 aliphatic rings. The number of hydrogen-bond acceptors (Lipinski definition) is 9. The molecule has 0 aromatic heterocycles. The van der Waals surface area contributed by atoms with Crippen molar-refractivity contribution in [2.45, 2.75) is 19.8 Å². The third-order valence-electron chi connectivity index (χ3n) is 4.62. The lowest BCUT2D eigenvalue weighted by atomic mass is 10.1. The first-order valence-corrected chi connectivity index (χ1v) is 9.30. The Hall–Kier alpha value is -2.21. The predicted octanol–water partition coefficient (Wildman–Crippen LogP) is -1.26. The Bertz CT molecular complexity index is 699. The van der Waals surface area contributed by atoms with Crippen LogP contribution < -0.4 is 23.0 Å². The largest absolute Gasteiger partial charge is 1.00 e. The lowest BCUT2D eigenvalue weighted by molar-refractivity contribution is -0.393. The fraction of sp³-hybridized carbons (Fsp3) is 0.647. The van der Waals surface area contributed by atoms with E-state index in [-0.39, 0.29) is 41.8 Å². The molecule has 2 rings (SSSR count). The average Bonchev–Trinajstić information content (AvgIpc) is 2.67. The highest BCUT2D eigenvalue weighted by Gasteiger charge is 2.28. The molecule has 1 fully saturated rings. The van der Waals surface area contributed by atoms with Crippen LogP contribution in [0.2, 0.25) is 0 Å². The van der Waals surface area contributed by atoms with Gasteiger partial charge in [-0.2, -0.15) is 0 Å². The molecule has 1 heterocycles. The van der Waals surface area contributed by atoms with Gasteiger partial charge in [-0.05, 0) is 26.3 Å². The van der Waals surface area contributed by atoms with Gasteiger partial charge >= 0.3 is 0 Å². The molecule has 1 aromatic rings. The highest BCUT2D eigenvalue weighted by molar-refractivity contribution is 5.82. The summed E-state index contributed by atoms with van der Waals surface area (Å²) in [6.07, 6.45) is 1.19. The number of ether oxygens (including phenoxy) is 1. The van der Waals surface area contributed by atoms with Gasteiger partial charge in [0.05, 0.1) is 29.1 Å². The van der Waals surface area contributed by atoms with Crippen molar-refractivity contribution in [3.8, 4) is 0 Å². The molecule has 0 radical (unpaired) electrons. The highest BCUT2D eigenvalue weighted by Crippen LogP contribution is 2.40. The number of morpholine rings is 1. The van der Waals surface area contributed by atoms with E-state index in [4.69, 9.17) is 9.84 Å². The van der Waals surface area contributed by atoms with E-state index in [9.17, 15) is 20.2 Å². The Morgan fingerprint density at radius 3 is 2.07 bits per heavy atom. The minimum atomic E-state index is -0.635. The van der Waals surface area contributed by atoms with Crippen molar-refractivity contribution in [3.63, 3.8) is 0 Å². The molecular weight excluding hydrogens is 406 g/mol. The van der Waals surface area contributed by atoms with Crippen LogP contribution in [0.15, 0.2) is 6.07 Å². The van der Waals surface area contributed by atoms with E-state index in [1.165, 1.54) is 0 Å². The normalized spacial score (nSPS) is 14.1. The van der Waals surface area contributed by atoms with E-state index in [0.29, 0.717) is 38.3 Å². The fourth-order valence-corrected chi connectivity index (χ4v) is 3.15. The number of aliphatic hydroxyl groups is 1. The van der Waals surface area contributed by atoms with E-state index in [1.54, 1.807) is 6.92 Å². The topological polar surface area (TPSA) is 143 Å². The lowest BCUT2D eigenvalue weighted by Gasteiger charge is -2.26. The van der Waals surface area contributed by atoms with E-state index in [2.05, 4.69) is 15.5 Å². The van der Waals surface area contributed by atoms with Crippen LogP contribution in [0, 0.1) is 27.2 Å². The van der Waals surface area contributed by atoms with Crippen molar-refractivity contribution in [2.75, 3.05) is 63.2 Å². The Balaban J connectivity index is 0.00000420. The van der Waals surface area contributed by atoms with Gasteiger partial charge in [-0.3, -0.25) is 25.1 Å². The number of benzene rings is 1. The number of hydrogen-bond donors (Lipinski definition) is 3. The molecule has 164 valence electrons. The molecule has 0 bridgehead atoms. The van der Waals surface area contributed by atoms with Crippen LogP contribution in [0.5, 0.6) is 0 Å². The molecule has 0 atom stereocenters. The van der Waals surface area contributed by atoms with Gasteiger partial charge in [-0.1, -0.05) is 0 Å². The SMILES string of the molecule is Cc1c(NCCCO)c([N+](=O)[O-])cc([N+](=O)[O-])c1NCCCN1CCOCC1.[Cl-]. The summed E-state index contributed by atoms with van der Waals surface area (Å²) in [5.41, 5.74) is 0.276. The predicted molar refractivity (Wildman–Crippen MR) is 105 cm³/mol. The molecule has 0 unspecified atom stereocenters. The van der Waals surface area contributed by atoms with Crippen LogP contribution >= 0.6 is 0 Å². The van der Waals surface area contributed by atoms with Crippen LogP contribution in [0.3, 0.4) is 0 Å². The Morgan fingerprint density at radius 2 is 1.59 bits per heavy atom. The van der Waals surface area contributed by atoms with Gasteiger partial charge in [0.1, 0.15) is 11.4 Å². The summed E-state index contributed by atoms with van der Waals surface area (Å²) >= 11 is 0. The van der Waals surface area contributed by atoms with Crippen LogP contribution in [0.25, 0.3) is 0 Å². The van der Waals surface area contributed by atoms with Crippen molar-refractivity contribution >= 4 is 22.7 Å². The molecule has 0 spiro atoms. The van der Waals surface area contributed by atoms with Crippen LogP contribution in [-0.2, 0) is 4.74 Å². The van der Waals surface area contributed by atoms with Gasteiger partial charge < -0.3 is 32.9 Å². The second-order valence-corrected chi connectivity index (χ2v) is 6.54. The first-order chi connectivity index (χ1) is 13.5. The van der Waals surface area contributed by atoms with Gasteiger partial charge in [-0.15, -0.1) is 0 Å². The Kier molecular flexibility index (Phi) is 10.6. The van der Waals surface area contributed by atoms with Crippen molar-refractivity contribution in [3.05, 3.63) is 31.9 Å². The standard InChI is InChI=1S/C17H27N5O6.ClH/c1-13-16(18-4-2-6-20-7-10-28-11-8-20)14(21(24)25)12-15(22(26)27)17(13)19-5-3-9-23;/h12,18-19,23H,2-11H2,1H3;1H/p-1. The van der Waals surface area contributed by atoms with Gasteiger partial charge in [0, 0.05) is 38.3 Å². The summed E-state index contributed by atoms with van der Waals surface area (Å²) in [7, 11) is 0. The maximum atomic E-state index is 11.5. The minimum Gasteiger partial charge on any atom is -1.00 e. The molecule has 29 heavy (non-hydrogen) atoms. The quantitative estimate of drug-likeness (QED) is 0.222. The van der Waals surface area contributed by atoms with Crippen molar-refractivity contribution in [1.82, 2.24) is 4.90 Å². The fourth-order valence-electron chi connectivity index (χ4n) is 3.15. The molecule has 1 aromatic carbocycles. The highest BCUT2D eigenvalue weighted by atomic mass is 35.5. The van der Waals surface area contributed by atoms with Gasteiger partial charge in [-0.25, -0.2) is 0 Å². The molecule has 3 N–H and O–H groups in total. The first kappa shape index (κ1) is 24.8. The number of nitro benzene ring substituents is 2. The molecule has 1 aliphatic heterocycles. The molecular formula is C17H27ClN5O6-. The zero-order valence-electron chi connectivity index (χ0n) is 16.4. The number of nitrogens with one attached hydrogen (secondary N) is 2. The summed E-state index contributed by atoms with van der Waals surface area (Å²) in [5, 5.41) is 37.8. The van der Waals surface area contributed by atoms with E-state index < -0.39 is 9.85 Å². The second kappa shape index (κ2) is 12.4. The number of nitrogens with zero attached hydrogens (tertiary/aromatic N) is 3. The monoisotopic (exact) mass is 432 g/mol. The van der Waals surface area contributed by atoms with Crippen molar-refractivity contribution < 1.29 is 32.1 Å². The van der Waals surface area contributed by atoms with Crippen molar-refractivity contribution in [2.24, 2.45) is 0 Å². The first-order valence-electron chi connectivity index (χ1n) is 9.30. The molecule has 0 aliphatic carbocycles. The van der Waals surface area contributed by atoms with Crippen LogP contribution in [0.1, 0.15) is 18.4 Å². The maximum Gasteiger partial charge on any atom is 0.299 e. The van der Waals surface area contributed by atoms with Gasteiger partial charge in [0.25, 0.3) is 11.4 Å². The molecule has 1 saturated heterocycles. The molecule has 0 amide bonds. The van der Waals surface area contributed by atoms with Crippen LogP contribution in [-0.4, -0.2) is 72.4 Å². The minimum absolute atomic E-state index is 0. The summed E-state index contributed by atoms with van der Waals surface area (Å²) < 4.78 is 5.31. The third kappa shape index (κ3) is 6.96. The Labute approximate surface area is 175 Å². The number of aliphatic hydroxyl groups excluding tert-OH is 1. The zero-order valence-corrected chi connectivity index (χ0v) is 17.1. The number of nitro groups is 2. The van der Waals surface area contributed by atoms with Crippen LogP contribution in [0.4, 0.5) is 22.7 Å². The Morgan fingerprint density at radius 1 is 1.07 bits per heavy atom. The van der Waals surface area contributed by atoms with E-state index >= 15 is 0 Å². The zero-order chi connectivity index (χ0) is 20.5. The van der Waals surface area contributed by atoms with E-state index in [0.717, 1.165) is 32.1 Å². The summed E-state index contributed by atoms with van der Waals surface area (Å²) in [4.78, 5) is 23.9. The number of anilines is 2. The summed E-state index contributed by atoms with van der Waals surface area (Å²) in [6.45, 7) is 6.40. The molecule has 11 nitrogen and oxygen atoms in total. The summed E-state index contributed by atoms with van der Waals surface area (Å²) in [5.74, 6) is 0. The van der Waals surface area contributed by atoms with Gasteiger partial charge in [0.15, 0.2) is 0 Å². The summed E-state index contributed by atoms with van der Waals surface area (Å²) in [6, 6.07) is 0.985. The average molecular weight is 433 g/mol. The molecule has 12 heteroatoms. The maximum absolute atomic E-state index is 11.5.